The molecule has 1 aliphatic rings. The highest BCUT2D eigenvalue weighted by atomic mass is 16.1. The normalized spacial score (nSPS) is 19.0. The maximum absolute atomic E-state index is 12.6. The zero-order valence-corrected chi connectivity index (χ0v) is 14.2. The largest absolute Gasteiger partial charge is 0.352 e. The van der Waals surface area contributed by atoms with Crippen LogP contribution in [-0.4, -0.2) is 42.5 Å². The van der Waals surface area contributed by atoms with E-state index in [1.165, 1.54) is 12.8 Å². The van der Waals surface area contributed by atoms with E-state index in [4.69, 9.17) is 0 Å². The van der Waals surface area contributed by atoms with E-state index >= 15 is 0 Å². The molecule has 0 spiro atoms. The number of likely N-dealkylation sites (tertiary alicyclic amines) is 1. The van der Waals surface area contributed by atoms with Crippen molar-refractivity contribution < 1.29 is 4.79 Å². The van der Waals surface area contributed by atoms with E-state index in [9.17, 15) is 4.79 Å². The van der Waals surface area contributed by atoms with Gasteiger partial charge in [-0.1, -0.05) is 18.2 Å². The minimum atomic E-state index is -0.00775. The van der Waals surface area contributed by atoms with Crippen LogP contribution in [0.15, 0.2) is 24.3 Å². The van der Waals surface area contributed by atoms with Gasteiger partial charge in [0, 0.05) is 18.5 Å². The number of nitrogens with one attached hydrogen (secondary N) is 1. The van der Waals surface area contributed by atoms with Gasteiger partial charge in [0.1, 0.15) is 0 Å². The first kappa shape index (κ1) is 15.9. The number of hydrogen-bond donors (Lipinski definition) is 1. The molecule has 2 heterocycles. The van der Waals surface area contributed by atoms with Crippen LogP contribution in [0.25, 0.3) is 10.9 Å². The number of amides is 1. The molecule has 0 radical (unpaired) electrons. The Labute approximate surface area is 137 Å². The summed E-state index contributed by atoms with van der Waals surface area (Å²) in [6, 6.07) is 8.04. The summed E-state index contributed by atoms with van der Waals surface area (Å²) in [4.78, 5) is 19.5. The van der Waals surface area contributed by atoms with Crippen LogP contribution in [-0.2, 0) is 0 Å². The van der Waals surface area contributed by atoms with Gasteiger partial charge in [0.25, 0.3) is 5.91 Å². The minimum Gasteiger partial charge on any atom is -0.352 e. The standard InChI is InChI=1S/C19H25N3O/c1-13-6-4-8-16-10-17(14(2)21-18(13)16)19(23)20-11-15-7-5-9-22(3)12-15/h4,6,8,10,15H,5,7,9,11-12H2,1-3H3,(H,20,23)/t15-/m0/s1. The Morgan fingerprint density at radius 2 is 2.22 bits per heavy atom. The molecule has 1 fully saturated rings. The first-order valence-corrected chi connectivity index (χ1v) is 8.38. The number of aromatic nitrogens is 1. The number of pyridine rings is 1. The summed E-state index contributed by atoms with van der Waals surface area (Å²) in [6.07, 6.45) is 2.41. The Morgan fingerprint density at radius 1 is 1.39 bits per heavy atom. The third-order valence-corrected chi connectivity index (χ3v) is 4.76. The van der Waals surface area contributed by atoms with Gasteiger partial charge in [-0.25, -0.2) is 0 Å². The summed E-state index contributed by atoms with van der Waals surface area (Å²) >= 11 is 0. The van der Waals surface area contributed by atoms with Gasteiger partial charge >= 0.3 is 0 Å². The van der Waals surface area contributed by atoms with Crippen LogP contribution in [0.5, 0.6) is 0 Å². The van der Waals surface area contributed by atoms with Crippen molar-refractivity contribution in [1.29, 1.82) is 0 Å². The summed E-state index contributed by atoms with van der Waals surface area (Å²) in [6.45, 7) is 6.93. The summed E-state index contributed by atoms with van der Waals surface area (Å²) < 4.78 is 0. The summed E-state index contributed by atoms with van der Waals surface area (Å²) in [7, 11) is 2.15. The van der Waals surface area contributed by atoms with Crippen LogP contribution < -0.4 is 5.32 Å². The van der Waals surface area contributed by atoms with Crippen LogP contribution in [0.2, 0.25) is 0 Å². The fourth-order valence-corrected chi connectivity index (χ4v) is 3.44. The third kappa shape index (κ3) is 3.53. The highest BCUT2D eigenvalue weighted by Gasteiger charge is 2.19. The maximum atomic E-state index is 12.6. The molecule has 4 nitrogen and oxygen atoms in total. The van der Waals surface area contributed by atoms with Crippen molar-refractivity contribution in [3.8, 4) is 0 Å². The second-order valence-corrected chi connectivity index (χ2v) is 6.75. The van der Waals surface area contributed by atoms with Crippen molar-refractivity contribution in [1.82, 2.24) is 15.2 Å². The first-order valence-electron chi connectivity index (χ1n) is 8.38. The van der Waals surface area contributed by atoms with Crippen LogP contribution in [0.1, 0.15) is 34.5 Å². The lowest BCUT2D eigenvalue weighted by Gasteiger charge is -2.29. The molecule has 4 heteroatoms. The molecule has 1 saturated heterocycles. The van der Waals surface area contributed by atoms with Crippen molar-refractivity contribution in [3.05, 3.63) is 41.1 Å². The Morgan fingerprint density at radius 3 is 3.00 bits per heavy atom. The van der Waals surface area contributed by atoms with Crippen LogP contribution in [0.3, 0.4) is 0 Å². The van der Waals surface area contributed by atoms with E-state index in [0.717, 1.165) is 41.8 Å². The van der Waals surface area contributed by atoms with Gasteiger partial charge in [-0.15, -0.1) is 0 Å². The van der Waals surface area contributed by atoms with Gasteiger partial charge in [-0.2, -0.15) is 0 Å². The number of nitrogens with zero attached hydrogens (tertiary/aromatic N) is 2. The second kappa shape index (κ2) is 6.67. The number of fused-ring (bicyclic) bond motifs is 1. The van der Waals surface area contributed by atoms with Crippen molar-refractivity contribution in [2.75, 3.05) is 26.7 Å². The minimum absolute atomic E-state index is 0.00775. The van der Waals surface area contributed by atoms with Gasteiger partial charge in [-0.05, 0) is 57.8 Å². The van der Waals surface area contributed by atoms with E-state index in [0.29, 0.717) is 11.5 Å². The van der Waals surface area contributed by atoms with E-state index in [2.05, 4.69) is 22.2 Å². The Balaban J connectivity index is 1.74. The van der Waals surface area contributed by atoms with Crippen molar-refractivity contribution in [3.63, 3.8) is 0 Å². The molecule has 1 amide bonds. The highest BCUT2D eigenvalue weighted by molar-refractivity contribution is 5.99. The molecule has 3 rings (SSSR count). The molecule has 1 aromatic heterocycles. The monoisotopic (exact) mass is 311 g/mol. The fourth-order valence-electron chi connectivity index (χ4n) is 3.44. The molecular formula is C19H25N3O. The van der Waals surface area contributed by atoms with E-state index < -0.39 is 0 Å². The summed E-state index contributed by atoms with van der Waals surface area (Å²) in [5, 5.41) is 4.13. The molecule has 0 bridgehead atoms. The first-order chi connectivity index (χ1) is 11.0. The molecule has 1 atom stereocenters. The number of carbonyl (C=O) groups is 1. The predicted octanol–water partition coefficient (Wildman–Crippen LogP) is 2.92. The van der Waals surface area contributed by atoms with E-state index in [1.807, 2.05) is 38.1 Å². The molecular weight excluding hydrogens is 286 g/mol. The average molecular weight is 311 g/mol. The average Bonchev–Trinajstić information content (AvgIpc) is 2.53. The van der Waals surface area contributed by atoms with E-state index in [-0.39, 0.29) is 5.91 Å². The number of rotatable bonds is 3. The SMILES string of the molecule is Cc1nc2c(C)cccc2cc1C(=O)NC[C@@H]1CCCN(C)C1. The molecule has 1 aromatic carbocycles. The zero-order chi connectivity index (χ0) is 16.4. The number of para-hydroxylation sites is 1. The van der Waals surface area contributed by atoms with Crippen molar-refractivity contribution >= 4 is 16.8 Å². The summed E-state index contributed by atoms with van der Waals surface area (Å²) in [5.74, 6) is 0.542. The molecule has 2 aromatic rings. The van der Waals surface area contributed by atoms with Crippen molar-refractivity contribution in [2.45, 2.75) is 26.7 Å². The van der Waals surface area contributed by atoms with Crippen LogP contribution in [0, 0.1) is 19.8 Å². The van der Waals surface area contributed by atoms with Gasteiger partial charge in [0.15, 0.2) is 0 Å². The third-order valence-electron chi connectivity index (χ3n) is 4.76. The molecule has 122 valence electrons. The van der Waals surface area contributed by atoms with Crippen LogP contribution in [0.4, 0.5) is 0 Å². The number of benzene rings is 1. The van der Waals surface area contributed by atoms with Gasteiger partial charge in [-0.3, -0.25) is 9.78 Å². The number of hydrogen-bond acceptors (Lipinski definition) is 3. The molecule has 0 aliphatic carbocycles. The molecule has 23 heavy (non-hydrogen) atoms. The van der Waals surface area contributed by atoms with Gasteiger partial charge in [0.05, 0.1) is 16.8 Å². The quantitative estimate of drug-likeness (QED) is 0.948. The Hall–Kier alpha value is -1.94. The van der Waals surface area contributed by atoms with E-state index in [1.54, 1.807) is 0 Å². The fraction of sp³-hybridized carbons (Fsp3) is 0.474. The van der Waals surface area contributed by atoms with Crippen molar-refractivity contribution in [2.24, 2.45) is 5.92 Å². The number of piperidine rings is 1. The predicted molar refractivity (Wildman–Crippen MR) is 93.8 cm³/mol. The van der Waals surface area contributed by atoms with Crippen LogP contribution >= 0.6 is 0 Å². The second-order valence-electron chi connectivity index (χ2n) is 6.75. The maximum Gasteiger partial charge on any atom is 0.253 e. The number of carbonyl (C=O) groups excluding carboxylic acids is 1. The molecule has 0 unspecified atom stereocenters. The lowest BCUT2D eigenvalue weighted by Crippen LogP contribution is -2.39. The number of aryl methyl sites for hydroxylation is 2. The lowest BCUT2D eigenvalue weighted by molar-refractivity contribution is 0.0936. The van der Waals surface area contributed by atoms with Gasteiger partial charge in [0.2, 0.25) is 0 Å². The van der Waals surface area contributed by atoms with Gasteiger partial charge < -0.3 is 10.2 Å². The molecule has 1 N–H and O–H groups in total. The molecule has 1 aliphatic heterocycles. The Kier molecular flexibility index (Phi) is 4.62. The summed E-state index contributed by atoms with van der Waals surface area (Å²) in [5.41, 5.74) is 3.61. The zero-order valence-electron chi connectivity index (χ0n) is 14.2. The highest BCUT2D eigenvalue weighted by Crippen LogP contribution is 2.20. The smallest absolute Gasteiger partial charge is 0.253 e. The lowest BCUT2D eigenvalue weighted by atomic mass is 9.98. The molecule has 0 saturated carbocycles. The Bertz CT molecular complexity index is 726. The topological polar surface area (TPSA) is 45.2 Å².